The largest absolute Gasteiger partial charge is 0.340 e. The van der Waals surface area contributed by atoms with Crippen LogP contribution in [0, 0.1) is 0 Å². The summed E-state index contributed by atoms with van der Waals surface area (Å²) in [6.07, 6.45) is 1.60. The SMILES string of the molecule is CC[C@H](N)C(=O)N1CC[C@@H](N)C1. The van der Waals surface area contributed by atoms with E-state index in [1.165, 1.54) is 0 Å². The van der Waals surface area contributed by atoms with Crippen molar-refractivity contribution in [3.63, 3.8) is 0 Å². The average Bonchev–Trinajstić information content (AvgIpc) is 2.49. The van der Waals surface area contributed by atoms with E-state index in [2.05, 4.69) is 0 Å². The lowest BCUT2D eigenvalue weighted by Gasteiger charge is -2.19. The Morgan fingerprint density at radius 2 is 2.42 bits per heavy atom. The van der Waals surface area contributed by atoms with Crippen molar-refractivity contribution in [1.82, 2.24) is 4.90 Å². The molecule has 0 aromatic heterocycles. The van der Waals surface area contributed by atoms with Gasteiger partial charge in [0.05, 0.1) is 6.04 Å². The molecule has 1 saturated heterocycles. The number of hydrogen-bond donors (Lipinski definition) is 2. The van der Waals surface area contributed by atoms with E-state index >= 15 is 0 Å². The molecule has 0 unspecified atom stereocenters. The van der Waals surface area contributed by atoms with Crippen LogP contribution in [0.1, 0.15) is 19.8 Å². The Balaban J connectivity index is 2.43. The zero-order valence-corrected chi connectivity index (χ0v) is 7.49. The summed E-state index contributed by atoms with van der Waals surface area (Å²) in [6.45, 7) is 3.36. The summed E-state index contributed by atoms with van der Waals surface area (Å²) in [5.74, 6) is 0.0467. The van der Waals surface area contributed by atoms with Gasteiger partial charge in [0.2, 0.25) is 5.91 Å². The van der Waals surface area contributed by atoms with Crippen molar-refractivity contribution < 1.29 is 4.79 Å². The van der Waals surface area contributed by atoms with Crippen LogP contribution in [0.15, 0.2) is 0 Å². The molecule has 0 bridgehead atoms. The van der Waals surface area contributed by atoms with Crippen LogP contribution in [0.2, 0.25) is 0 Å². The number of carbonyl (C=O) groups excluding carboxylic acids is 1. The molecule has 12 heavy (non-hydrogen) atoms. The molecule has 0 saturated carbocycles. The molecule has 1 fully saturated rings. The van der Waals surface area contributed by atoms with Gasteiger partial charge >= 0.3 is 0 Å². The van der Waals surface area contributed by atoms with Crippen molar-refractivity contribution in [2.24, 2.45) is 11.5 Å². The first-order valence-electron chi connectivity index (χ1n) is 4.45. The third kappa shape index (κ3) is 1.95. The summed E-state index contributed by atoms with van der Waals surface area (Å²) in [5, 5.41) is 0. The van der Waals surface area contributed by atoms with Crippen LogP contribution in [-0.2, 0) is 4.79 Å². The number of carbonyl (C=O) groups is 1. The smallest absolute Gasteiger partial charge is 0.239 e. The fraction of sp³-hybridized carbons (Fsp3) is 0.875. The van der Waals surface area contributed by atoms with E-state index in [1.54, 1.807) is 4.90 Å². The van der Waals surface area contributed by atoms with Gasteiger partial charge in [0.25, 0.3) is 0 Å². The predicted octanol–water partition coefficient (Wildman–Crippen LogP) is -0.717. The minimum absolute atomic E-state index is 0.0467. The van der Waals surface area contributed by atoms with Crippen molar-refractivity contribution in [3.05, 3.63) is 0 Å². The molecule has 4 N–H and O–H groups in total. The quantitative estimate of drug-likeness (QED) is 0.576. The highest BCUT2D eigenvalue weighted by atomic mass is 16.2. The van der Waals surface area contributed by atoms with Gasteiger partial charge in [-0.05, 0) is 12.8 Å². The van der Waals surface area contributed by atoms with E-state index in [9.17, 15) is 4.79 Å². The molecule has 0 aliphatic carbocycles. The van der Waals surface area contributed by atoms with Crippen LogP contribution in [0.25, 0.3) is 0 Å². The Kier molecular flexibility index (Phi) is 3.05. The molecule has 1 heterocycles. The van der Waals surface area contributed by atoms with Crippen LogP contribution >= 0.6 is 0 Å². The lowest BCUT2D eigenvalue weighted by molar-refractivity contribution is -0.131. The molecule has 0 spiro atoms. The molecule has 70 valence electrons. The van der Waals surface area contributed by atoms with Gasteiger partial charge in [0.1, 0.15) is 0 Å². The third-order valence-corrected chi connectivity index (χ3v) is 2.29. The standard InChI is InChI=1S/C8H17N3O/c1-2-7(10)8(12)11-4-3-6(9)5-11/h6-7H,2-5,9-10H2,1H3/t6-,7+/m1/s1. The van der Waals surface area contributed by atoms with Gasteiger partial charge in [-0.1, -0.05) is 6.92 Å². The molecule has 1 aliphatic rings. The average molecular weight is 171 g/mol. The van der Waals surface area contributed by atoms with Crippen LogP contribution in [-0.4, -0.2) is 36.0 Å². The first kappa shape index (κ1) is 9.48. The monoisotopic (exact) mass is 171 g/mol. The summed E-state index contributed by atoms with van der Waals surface area (Å²) in [4.78, 5) is 13.2. The second-order valence-electron chi connectivity index (χ2n) is 3.35. The number of amides is 1. The minimum Gasteiger partial charge on any atom is -0.340 e. The van der Waals surface area contributed by atoms with Gasteiger partial charge in [-0.15, -0.1) is 0 Å². The summed E-state index contributed by atoms with van der Waals surface area (Å²) < 4.78 is 0. The van der Waals surface area contributed by atoms with E-state index in [1.807, 2.05) is 6.92 Å². The summed E-state index contributed by atoms with van der Waals surface area (Å²) in [7, 11) is 0. The van der Waals surface area contributed by atoms with Gasteiger partial charge < -0.3 is 16.4 Å². The molecule has 0 aromatic rings. The molecule has 1 aliphatic heterocycles. The van der Waals surface area contributed by atoms with E-state index in [0.717, 1.165) is 13.0 Å². The van der Waals surface area contributed by atoms with Gasteiger partial charge in [-0.3, -0.25) is 4.79 Å². The maximum atomic E-state index is 11.5. The van der Waals surface area contributed by atoms with Crippen LogP contribution in [0.3, 0.4) is 0 Å². The number of nitrogens with two attached hydrogens (primary N) is 2. The van der Waals surface area contributed by atoms with Crippen molar-refractivity contribution >= 4 is 5.91 Å². The van der Waals surface area contributed by atoms with E-state index in [0.29, 0.717) is 13.0 Å². The van der Waals surface area contributed by atoms with Gasteiger partial charge in [0.15, 0.2) is 0 Å². The van der Waals surface area contributed by atoms with Gasteiger partial charge in [-0.2, -0.15) is 0 Å². The second kappa shape index (κ2) is 3.87. The van der Waals surface area contributed by atoms with E-state index in [-0.39, 0.29) is 18.0 Å². The first-order chi connectivity index (χ1) is 5.65. The highest BCUT2D eigenvalue weighted by molar-refractivity contribution is 5.81. The number of rotatable bonds is 2. The second-order valence-corrected chi connectivity index (χ2v) is 3.35. The Bertz CT molecular complexity index is 172. The Morgan fingerprint density at radius 3 is 2.83 bits per heavy atom. The molecule has 0 radical (unpaired) electrons. The van der Waals surface area contributed by atoms with Gasteiger partial charge in [0, 0.05) is 19.1 Å². The predicted molar refractivity (Wildman–Crippen MR) is 47.4 cm³/mol. The fourth-order valence-electron chi connectivity index (χ4n) is 1.40. The van der Waals surface area contributed by atoms with E-state index < -0.39 is 0 Å². The minimum atomic E-state index is -0.338. The zero-order chi connectivity index (χ0) is 9.14. The first-order valence-corrected chi connectivity index (χ1v) is 4.45. The summed E-state index contributed by atoms with van der Waals surface area (Å²) in [5.41, 5.74) is 11.3. The summed E-state index contributed by atoms with van der Waals surface area (Å²) >= 11 is 0. The molecule has 4 heteroatoms. The highest BCUT2D eigenvalue weighted by Gasteiger charge is 2.26. The highest BCUT2D eigenvalue weighted by Crippen LogP contribution is 2.08. The Hall–Kier alpha value is -0.610. The zero-order valence-electron chi connectivity index (χ0n) is 7.49. The number of hydrogen-bond acceptors (Lipinski definition) is 3. The fourth-order valence-corrected chi connectivity index (χ4v) is 1.40. The lowest BCUT2D eigenvalue weighted by Crippen LogP contribution is -2.43. The van der Waals surface area contributed by atoms with E-state index in [4.69, 9.17) is 11.5 Å². The van der Waals surface area contributed by atoms with Crippen LogP contribution < -0.4 is 11.5 Å². The molecule has 4 nitrogen and oxygen atoms in total. The van der Waals surface area contributed by atoms with Crippen molar-refractivity contribution in [1.29, 1.82) is 0 Å². The van der Waals surface area contributed by atoms with Crippen molar-refractivity contribution in [2.45, 2.75) is 31.8 Å². The van der Waals surface area contributed by atoms with Crippen LogP contribution in [0.4, 0.5) is 0 Å². The summed E-state index contributed by atoms with van der Waals surface area (Å²) in [6, 6.07) is -0.187. The van der Waals surface area contributed by atoms with Crippen molar-refractivity contribution in [3.8, 4) is 0 Å². The normalized spacial score (nSPS) is 25.9. The molecular weight excluding hydrogens is 154 g/mol. The van der Waals surface area contributed by atoms with Crippen molar-refractivity contribution in [2.75, 3.05) is 13.1 Å². The van der Waals surface area contributed by atoms with Crippen LogP contribution in [0.5, 0.6) is 0 Å². The maximum absolute atomic E-state index is 11.5. The topological polar surface area (TPSA) is 72.4 Å². The number of likely N-dealkylation sites (tertiary alicyclic amines) is 1. The molecule has 2 atom stereocenters. The number of nitrogens with zero attached hydrogens (tertiary/aromatic N) is 1. The van der Waals surface area contributed by atoms with Gasteiger partial charge in [-0.25, -0.2) is 0 Å². The molecule has 1 rings (SSSR count). The molecular formula is C8H17N3O. The third-order valence-electron chi connectivity index (χ3n) is 2.29. The lowest BCUT2D eigenvalue weighted by atomic mass is 10.2. The Labute approximate surface area is 72.9 Å². The molecule has 0 aromatic carbocycles. The molecule has 1 amide bonds. The Morgan fingerprint density at radius 1 is 1.75 bits per heavy atom. The maximum Gasteiger partial charge on any atom is 0.239 e.